The lowest BCUT2D eigenvalue weighted by atomic mass is 10.3. The van der Waals surface area contributed by atoms with Gasteiger partial charge in [-0.2, -0.15) is 4.98 Å². The van der Waals surface area contributed by atoms with Crippen LogP contribution in [0.5, 0.6) is 17.5 Å². The lowest BCUT2D eigenvalue weighted by Crippen LogP contribution is -2.22. The van der Waals surface area contributed by atoms with Crippen LogP contribution >= 0.6 is 0 Å². The van der Waals surface area contributed by atoms with Gasteiger partial charge in [-0.3, -0.25) is 9.13 Å². The molecule has 0 aliphatic carbocycles. The van der Waals surface area contributed by atoms with Gasteiger partial charge >= 0.3 is 11.7 Å². The van der Waals surface area contributed by atoms with Crippen molar-refractivity contribution in [2.45, 2.75) is 19.9 Å². The van der Waals surface area contributed by atoms with Gasteiger partial charge in [0.25, 0.3) is 6.43 Å². The number of nitrogens with zero attached hydrogens (tertiary/aromatic N) is 6. The molecule has 5 rings (SSSR count). The van der Waals surface area contributed by atoms with E-state index in [2.05, 4.69) is 15.0 Å². The molecule has 0 saturated carbocycles. The summed E-state index contributed by atoms with van der Waals surface area (Å²) < 4.78 is 40.7. The molecule has 174 valence electrons. The largest absolute Gasteiger partial charge is 0.486 e. The van der Waals surface area contributed by atoms with Crippen LogP contribution in [-0.4, -0.2) is 41.7 Å². The van der Waals surface area contributed by atoms with Crippen LogP contribution in [-0.2, 0) is 13.6 Å². The number of benzene rings is 1. The average molecular weight is 466 g/mol. The number of aryl methyl sites for hydroxylation is 2. The highest BCUT2D eigenvalue weighted by Crippen LogP contribution is 2.26. The predicted octanol–water partition coefficient (Wildman–Crippen LogP) is 3.93. The lowest BCUT2D eigenvalue weighted by Gasteiger charge is -2.07. The minimum atomic E-state index is -2.60. The van der Waals surface area contributed by atoms with Crippen molar-refractivity contribution in [2.24, 2.45) is 7.05 Å². The van der Waals surface area contributed by atoms with E-state index in [9.17, 15) is 13.6 Å². The average Bonchev–Trinajstić information content (AvgIpc) is 3.30. The number of aromatic nitrogens is 6. The Bertz CT molecular complexity index is 1540. The minimum Gasteiger partial charge on any atom is -0.486 e. The SMILES string of the molecule is CCn1c(=O)n(-c2ccc(Oc3nc4cccnc4n3C)cc2)c2ncc(OCC(F)F)cc21. The summed E-state index contributed by atoms with van der Waals surface area (Å²) in [7, 11) is 1.82. The number of imidazole rings is 2. The van der Waals surface area contributed by atoms with Gasteiger partial charge in [0.15, 0.2) is 11.3 Å². The number of ether oxygens (including phenoxy) is 2. The molecule has 0 aliphatic rings. The third-order valence-corrected chi connectivity index (χ3v) is 5.33. The maximum atomic E-state index is 13.1. The number of rotatable bonds is 7. The molecule has 0 bridgehead atoms. The molecule has 5 aromatic rings. The van der Waals surface area contributed by atoms with Gasteiger partial charge in [-0.15, -0.1) is 0 Å². The van der Waals surface area contributed by atoms with E-state index in [0.717, 1.165) is 5.52 Å². The molecular weight excluding hydrogens is 446 g/mol. The van der Waals surface area contributed by atoms with Crippen molar-refractivity contribution in [3.63, 3.8) is 0 Å². The molecule has 1 aromatic carbocycles. The van der Waals surface area contributed by atoms with Gasteiger partial charge in [0, 0.05) is 25.9 Å². The fraction of sp³-hybridized carbons (Fsp3) is 0.217. The summed E-state index contributed by atoms with van der Waals surface area (Å²) in [5.74, 6) is 0.706. The number of fused-ring (bicyclic) bond motifs is 2. The Labute approximate surface area is 191 Å². The first-order valence-electron chi connectivity index (χ1n) is 10.5. The quantitative estimate of drug-likeness (QED) is 0.361. The van der Waals surface area contributed by atoms with Crippen LogP contribution in [0.2, 0.25) is 0 Å². The highest BCUT2D eigenvalue weighted by atomic mass is 19.3. The standard InChI is InChI=1S/C23H20F2N6O3/c1-3-30-18-11-16(33-13-19(24)25)12-27-21(18)31(23(30)32)14-6-8-15(9-7-14)34-22-28-17-5-4-10-26-20(17)29(22)2/h4-12,19H,3,13H2,1-2H3. The van der Waals surface area contributed by atoms with Crippen molar-refractivity contribution in [2.75, 3.05) is 6.61 Å². The topological polar surface area (TPSA) is 89.0 Å². The van der Waals surface area contributed by atoms with Crippen molar-refractivity contribution < 1.29 is 18.3 Å². The van der Waals surface area contributed by atoms with Crippen LogP contribution in [0.3, 0.4) is 0 Å². The van der Waals surface area contributed by atoms with E-state index in [0.29, 0.717) is 40.8 Å². The fourth-order valence-corrected chi connectivity index (χ4v) is 3.75. The number of hydrogen-bond donors (Lipinski definition) is 0. The van der Waals surface area contributed by atoms with Crippen molar-refractivity contribution in [3.05, 3.63) is 65.3 Å². The zero-order chi connectivity index (χ0) is 23.8. The summed E-state index contributed by atoms with van der Waals surface area (Å²) in [6.07, 6.45) is 0.419. The number of halogens is 2. The highest BCUT2D eigenvalue weighted by Gasteiger charge is 2.17. The molecule has 0 atom stereocenters. The summed E-state index contributed by atoms with van der Waals surface area (Å²) in [4.78, 5) is 26.1. The molecule has 0 fully saturated rings. The third-order valence-electron chi connectivity index (χ3n) is 5.33. The molecular formula is C23H20F2N6O3. The van der Waals surface area contributed by atoms with Gasteiger partial charge in [-0.25, -0.2) is 28.1 Å². The second kappa shape index (κ2) is 8.58. The first-order valence-corrected chi connectivity index (χ1v) is 10.5. The summed E-state index contributed by atoms with van der Waals surface area (Å²) >= 11 is 0. The summed E-state index contributed by atoms with van der Waals surface area (Å²) in [5.41, 5.74) is 2.59. The smallest absolute Gasteiger partial charge is 0.334 e. The zero-order valence-corrected chi connectivity index (χ0v) is 18.4. The van der Waals surface area contributed by atoms with E-state index in [1.165, 1.54) is 15.3 Å². The van der Waals surface area contributed by atoms with Gasteiger partial charge in [0.1, 0.15) is 23.6 Å². The number of hydrogen-bond acceptors (Lipinski definition) is 6. The van der Waals surface area contributed by atoms with E-state index in [4.69, 9.17) is 9.47 Å². The number of pyridine rings is 2. The molecule has 0 saturated heterocycles. The van der Waals surface area contributed by atoms with Crippen molar-refractivity contribution in [3.8, 4) is 23.2 Å². The van der Waals surface area contributed by atoms with Crippen LogP contribution < -0.4 is 15.2 Å². The van der Waals surface area contributed by atoms with E-state index in [1.54, 1.807) is 47.2 Å². The minimum absolute atomic E-state index is 0.174. The van der Waals surface area contributed by atoms with Crippen LogP contribution in [0, 0.1) is 0 Å². The van der Waals surface area contributed by atoms with Crippen molar-refractivity contribution >= 4 is 22.3 Å². The Morgan fingerprint density at radius 2 is 1.85 bits per heavy atom. The fourth-order valence-electron chi connectivity index (χ4n) is 3.75. The molecule has 9 nitrogen and oxygen atoms in total. The first-order chi connectivity index (χ1) is 16.5. The Morgan fingerprint density at radius 3 is 2.56 bits per heavy atom. The first kappa shape index (κ1) is 21.6. The van der Waals surface area contributed by atoms with Gasteiger partial charge in [0.2, 0.25) is 0 Å². The second-order valence-electron chi connectivity index (χ2n) is 7.47. The molecule has 0 unspecified atom stereocenters. The van der Waals surface area contributed by atoms with E-state index in [1.807, 2.05) is 20.0 Å². The highest BCUT2D eigenvalue weighted by molar-refractivity contribution is 5.75. The summed E-state index contributed by atoms with van der Waals surface area (Å²) in [5, 5.41) is 0. The van der Waals surface area contributed by atoms with Crippen LogP contribution in [0.15, 0.2) is 59.7 Å². The summed E-state index contributed by atoms with van der Waals surface area (Å²) in [6, 6.07) is 12.5. The van der Waals surface area contributed by atoms with E-state index < -0.39 is 13.0 Å². The van der Waals surface area contributed by atoms with Crippen LogP contribution in [0.25, 0.3) is 28.0 Å². The van der Waals surface area contributed by atoms with Gasteiger partial charge in [-0.1, -0.05) is 0 Å². The second-order valence-corrected chi connectivity index (χ2v) is 7.47. The predicted molar refractivity (Wildman–Crippen MR) is 121 cm³/mol. The van der Waals surface area contributed by atoms with Gasteiger partial charge < -0.3 is 9.47 Å². The van der Waals surface area contributed by atoms with Crippen LogP contribution in [0.4, 0.5) is 8.78 Å². The lowest BCUT2D eigenvalue weighted by molar-refractivity contribution is 0.0818. The number of alkyl halides is 2. The van der Waals surface area contributed by atoms with Crippen molar-refractivity contribution in [1.82, 2.24) is 28.7 Å². The molecule has 34 heavy (non-hydrogen) atoms. The molecule has 0 amide bonds. The Balaban J connectivity index is 1.48. The molecule has 0 spiro atoms. The molecule has 0 N–H and O–H groups in total. The Morgan fingerprint density at radius 1 is 1.06 bits per heavy atom. The molecule has 0 radical (unpaired) electrons. The third kappa shape index (κ3) is 3.74. The normalized spacial score (nSPS) is 11.6. The molecule has 4 aromatic heterocycles. The van der Waals surface area contributed by atoms with Gasteiger partial charge in [-0.05, 0) is 43.3 Å². The molecule has 11 heteroatoms. The maximum absolute atomic E-state index is 13.1. The Hall–Kier alpha value is -4.28. The maximum Gasteiger partial charge on any atom is 0.334 e. The monoisotopic (exact) mass is 466 g/mol. The Kier molecular flexibility index (Phi) is 5.44. The van der Waals surface area contributed by atoms with E-state index in [-0.39, 0.29) is 11.4 Å². The van der Waals surface area contributed by atoms with Crippen molar-refractivity contribution in [1.29, 1.82) is 0 Å². The zero-order valence-electron chi connectivity index (χ0n) is 18.4. The summed E-state index contributed by atoms with van der Waals surface area (Å²) in [6.45, 7) is 1.46. The van der Waals surface area contributed by atoms with Gasteiger partial charge in [0.05, 0.1) is 17.4 Å². The molecule has 0 aliphatic heterocycles. The molecule has 4 heterocycles. The van der Waals surface area contributed by atoms with Crippen LogP contribution in [0.1, 0.15) is 6.92 Å². The van der Waals surface area contributed by atoms with E-state index >= 15 is 0 Å².